The van der Waals surface area contributed by atoms with Gasteiger partial charge in [0.1, 0.15) is 24.6 Å². The van der Waals surface area contributed by atoms with E-state index in [2.05, 4.69) is 15.3 Å². The number of rotatable bonds is 7. The summed E-state index contributed by atoms with van der Waals surface area (Å²) in [5, 5.41) is 12.7. The van der Waals surface area contributed by atoms with Crippen LogP contribution in [0.3, 0.4) is 0 Å². The molecule has 0 aliphatic heterocycles. The minimum Gasteiger partial charge on any atom is -0.477 e. The highest BCUT2D eigenvalue weighted by molar-refractivity contribution is 6.03. The second kappa shape index (κ2) is 8.80. The Kier molecular flexibility index (Phi) is 5.75. The number of nitrogens with zero attached hydrogens (tertiary/aromatic N) is 3. The van der Waals surface area contributed by atoms with Gasteiger partial charge in [-0.1, -0.05) is 36.4 Å². The van der Waals surface area contributed by atoms with Crippen LogP contribution >= 0.6 is 0 Å². The van der Waals surface area contributed by atoms with Crippen LogP contribution in [0.25, 0.3) is 11.0 Å². The molecule has 2 heterocycles. The lowest BCUT2D eigenvalue weighted by Gasteiger charge is -2.17. The van der Waals surface area contributed by atoms with Crippen LogP contribution in [-0.4, -0.2) is 25.8 Å². The lowest BCUT2D eigenvalue weighted by molar-refractivity contribution is 0.0678. The maximum absolute atomic E-state index is 14.0. The van der Waals surface area contributed by atoms with Crippen molar-refractivity contribution in [3.05, 3.63) is 99.7 Å². The first kappa shape index (κ1) is 20.9. The predicted octanol–water partition coefficient (Wildman–Crippen LogP) is 3.01. The standard InChI is InChI=1S/C22H16F2N4O4/c23-15-7-6-14(17(24)8-15)9-26-19-16-10-25-12-27-20(16)28(21(29)18(19)22(30)31)32-11-13-4-2-1-3-5-13/h1-8,10,12,26H,9,11H2,(H,30,31). The first-order chi connectivity index (χ1) is 15.5. The number of benzene rings is 2. The van der Waals surface area contributed by atoms with Gasteiger partial charge < -0.3 is 15.3 Å². The molecule has 2 aromatic heterocycles. The number of fused-ring (bicyclic) bond motifs is 1. The van der Waals surface area contributed by atoms with Crippen molar-refractivity contribution in [2.24, 2.45) is 0 Å². The maximum atomic E-state index is 14.0. The quantitative estimate of drug-likeness (QED) is 0.457. The molecule has 0 spiro atoms. The monoisotopic (exact) mass is 438 g/mol. The van der Waals surface area contributed by atoms with Crippen LogP contribution in [0.1, 0.15) is 21.5 Å². The Balaban J connectivity index is 1.78. The van der Waals surface area contributed by atoms with E-state index in [4.69, 9.17) is 4.84 Å². The summed E-state index contributed by atoms with van der Waals surface area (Å²) < 4.78 is 28.0. The van der Waals surface area contributed by atoms with Crippen molar-refractivity contribution >= 4 is 22.7 Å². The molecular weight excluding hydrogens is 422 g/mol. The minimum absolute atomic E-state index is 0.00747. The zero-order valence-electron chi connectivity index (χ0n) is 16.5. The van der Waals surface area contributed by atoms with Gasteiger partial charge in [0.2, 0.25) is 0 Å². The van der Waals surface area contributed by atoms with E-state index in [0.29, 0.717) is 6.07 Å². The Morgan fingerprint density at radius 3 is 2.66 bits per heavy atom. The molecule has 0 amide bonds. The van der Waals surface area contributed by atoms with Crippen molar-refractivity contribution in [1.82, 2.24) is 14.7 Å². The van der Waals surface area contributed by atoms with E-state index >= 15 is 0 Å². The van der Waals surface area contributed by atoms with Crippen LogP contribution in [-0.2, 0) is 13.2 Å². The van der Waals surface area contributed by atoms with Crippen LogP contribution < -0.4 is 15.7 Å². The fourth-order valence-electron chi connectivity index (χ4n) is 3.16. The number of nitrogens with one attached hydrogen (secondary N) is 1. The number of aromatic nitrogens is 3. The van der Waals surface area contributed by atoms with Crippen LogP contribution in [0.2, 0.25) is 0 Å². The molecule has 0 aliphatic carbocycles. The van der Waals surface area contributed by atoms with Gasteiger partial charge in [0.15, 0.2) is 11.2 Å². The second-order valence-electron chi connectivity index (χ2n) is 6.76. The summed E-state index contributed by atoms with van der Waals surface area (Å²) in [5.74, 6) is -3.07. The van der Waals surface area contributed by atoms with Crippen LogP contribution in [0.4, 0.5) is 14.5 Å². The molecule has 0 bridgehead atoms. The molecule has 0 saturated carbocycles. The molecule has 0 unspecified atom stereocenters. The number of aromatic carboxylic acids is 1. The SMILES string of the molecule is O=C(O)c1c(NCc2ccc(F)cc2F)c2cncnc2n(OCc2ccccc2)c1=O. The Morgan fingerprint density at radius 2 is 1.94 bits per heavy atom. The minimum atomic E-state index is -1.51. The molecule has 0 saturated heterocycles. The van der Waals surface area contributed by atoms with Crippen molar-refractivity contribution in [3.63, 3.8) is 0 Å². The smallest absolute Gasteiger partial charge is 0.343 e. The average Bonchev–Trinajstić information content (AvgIpc) is 2.78. The van der Waals surface area contributed by atoms with Gasteiger partial charge in [-0.2, -0.15) is 0 Å². The van der Waals surface area contributed by atoms with Crippen molar-refractivity contribution in [3.8, 4) is 0 Å². The highest BCUT2D eigenvalue weighted by atomic mass is 19.1. The lowest BCUT2D eigenvalue weighted by Crippen LogP contribution is -2.33. The molecule has 32 heavy (non-hydrogen) atoms. The van der Waals surface area contributed by atoms with E-state index in [9.17, 15) is 23.5 Å². The average molecular weight is 438 g/mol. The van der Waals surface area contributed by atoms with E-state index in [1.54, 1.807) is 24.3 Å². The Labute approximate surface area is 179 Å². The summed E-state index contributed by atoms with van der Waals surface area (Å²) in [6.07, 6.45) is 2.51. The molecule has 0 atom stereocenters. The number of hydrogen-bond donors (Lipinski definition) is 2. The predicted molar refractivity (Wildman–Crippen MR) is 111 cm³/mol. The fraction of sp³-hybridized carbons (Fsp3) is 0.0909. The Hall–Kier alpha value is -4.34. The molecule has 0 radical (unpaired) electrons. The van der Waals surface area contributed by atoms with Crippen molar-refractivity contribution in [2.45, 2.75) is 13.2 Å². The van der Waals surface area contributed by atoms with E-state index in [0.717, 1.165) is 16.4 Å². The summed E-state index contributed by atoms with van der Waals surface area (Å²) in [5.41, 5.74) is -0.802. The van der Waals surface area contributed by atoms with Gasteiger partial charge in [0.25, 0.3) is 0 Å². The number of pyridine rings is 1. The zero-order valence-corrected chi connectivity index (χ0v) is 16.5. The van der Waals surface area contributed by atoms with Crippen molar-refractivity contribution in [2.75, 3.05) is 5.32 Å². The zero-order chi connectivity index (χ0) is 22.7. The topological polar surface area (TPSA) is 106 Å². The van der Waals surface area contributed by atoms with Gasteiger partial charge in [0, 0.05) is 24.4 Å². The highest BCUT2D eigenvalue weighted by Crippen LogP contribution is 2.24. The third-order valence-electron chi connectivity index (χ3n) is 4.69. The van der Waals surface area contributed by atoms with Crippen molar-refractivity contribution < 1.29 is 23.5 Å². The largest absolute Gasteiger partial charge is 0.477 e. The molecule has 8 nitrogen and oxygen atoms in total. The molecule has 2 aromatic carbocycles. The molecule has 4 aromatic rings. The van der Waals surface area contributed by atoms with Crippen molar-refractivity contribution in [1.29, 1.82) is 0 Å². The number of carboxylic acids is 1. The molecule has 0 fully saturated rings. The normalized spacial score (nSPS) is 10.8. The van der Waals surface area contributed by atoms with E-state index < -0.39 is 28.7 Å². The second-order valence-corrected chi connectivity index (χ2v) is 6.76. The summed E-state index contributed by atoms with van der Waals surface area (Å²) in [6.45, 7) is -0.211. The molecular formula is C22H16F2N4O4. The third-order valence-corrected chi connectivity index (χ3v) is 4.69. The summed E-state index contributed by atoms with van der Waals surface area (Å²) >= 11 is 0. The van der Waals surface area contributed by atoms with Crippen LogP contribution in [0, 0.1) is 11.6 Å². The maximum Gasteiger partial charge on any atom is 0.343 e. The number of carbonyl (C=O) groups is 1. The first-order valence-electron chi connectivity index (χ1n) is 9.42. The number of halogens is 2. The van der Waals surface area contributed by atoms with Gasteiger partial charge >= 0.3 is 11.5 Å². The van der Waals surface area contributed by atoms with E-state index in [-0.39, 0.29) is 35.4 Å². The summed E-state index contributed by atoms with van der Waals surface area (Å²) in [4.78, 5) is 38.6. The molecule has 10 heteroatoms. The highest BCUT2D eigenvalue weighted by Gasteiger charge is 2.24. The van der Waals surface area contributed by atoms with Gasteiger partial charge in [-0.15, -0.1) is 4.73 Å². The van der Waals surface area contributed by atoms with Gasteiger partial charge in [-0.25, -0.2) is 23.5 Å². The third kappa shape index (κ3) is 4.10. The molecule has 162 valence electrons. The molecule has 4 rings (SSSR count). The van der Waals surface area contributed by atoms with Crippen LogP contribution in [0.5, 0.6) is 0 Å². The number of hydrogen-bond acceptors (Lipinski definition) is 6. The molecule has 2 N–H and O–H groups in total. The molecule has 0 aliphatic rings. The lowest BCUT2D eigenvalue weighted by atomic mass is 10.1. The van der Waals surface area contributed by atoms with E-state index in [1.807, 2.05) is 6.07 Å². The first-order valence-corrected chi connectivity index (χ1v) is 9.42. The van der Waals surface area contributed by atoms with Gasteiger partial charge in [0.05, 0.1) is 11.1 Å². The number of anilines is 1. The van der Waals surface area contributed by atoms with E-state index in [1.165, 1.54) is 18.6 Å². The fourth-order valence-corrected chi connectivity index (χ4v) is 3.16. The number of carboxylic acid groups (broad SMARTS) is 1. The summed E-state index contributed by atoms with van der Waals surface area (Å²) in [7, 11) is 0. The van der Waals surface area contributed by atoms with Crippen LogP contribution in [0.15, 0.2) is 65.8 Å². The summed E-state index contributed by atoms with van der Waals surface area (Å²) in [6, 6.07) is 12.0. The Bertz CT molecular complexity index is 1360. The van der Waals surface area contributed by atoms with Gasteiger partial charge in [-0.05, 0) is 11.6 Å². The van der Waals surface area contributed by atoms with Gasteiger partial charge in [-0.3, -0.25) is 4.79 Å². The Morgan fingerprint density at radius 1 is 1.16 bits per heavy atom.